The lowest BCUT2D eigenvalue weighted by Crippen LogP contribution is -2.44. The fourth-order valence-corrected chi connectivity index (χ4v) is 3.39. The summed E-state index contributed by atoms with van der Waals surface area (Å²) in [6.07, 6.45) is 5.56. The number of hydrogen-bond acceptors (Lipinski definition) is 5. The van der Waals surface area contributed by atoms with Crippen LogP contribution in [0, 0.1) is 6.92 Å². The molecule has 0 aromatic carbocycles. The number of nitrogens with zero attached hydrogens (tertiary/aromatic N) is 5. The molecule has 3 heterocycles. The molecule has 1 atom stereocenters. The number of hydrogen-bond donors (Lipinski definition) is 2. The number of aryl methyl sites for hydroxylation is 1. The molecule has 2 aromatic heterocycles. The fourth-order valence-electron chi connectivity index (χ4n) is 3.39. The number of rotatable bonds is 7. The van der Waals surface area contributed by atoms with Gasteiger partial charge in [-0.25, -0.2) is 4.99 Å². The highest BCUT2D eigenvalue weighted by atomic mass is 127. The van der Waals surface area contributed by atoms with Crippen LogP contribution in [0.2, 0.25) is 0 Å². The van der Waals surface area contributed by atoms with E-state index in [1.807, 2.05) is 24.6 Å². The Balaban J connectivity index is 0.00000280. The van der Waals surface area contributed by atoms with Crippen LogP contribution in [0.4, 0.5) is 0 Å². The standard InChI is InChI=1S/C19H31N7O.HI/c1-4-20-19(22-14-18-24-23-15(2)25(18)3)21-13-16(17-9-8-12-27-17)26-10-6-5-7-11-26;/h8-9,12,16H,4-7,10-11,13-14H2,1-3H3,(H2,20,21,22);1H. The molecule has 1 unspecified atom stereocenters. The van der Waals surface area contributed by atoms with E-state index in [0.29, 0.717) is 6.54 Å². The van der Waals surface area contributed by atoms with Gasteiger partial charge in [0.05, 0.1) is 12.3 Å². The molecule has 1 aliphatic rings. The lowest BCUT2D eigenvalue weighted by atomic mass is 10.1. The first-order valence-electron chi connectivity index (χ1n) is 9.83. The van der Waals surface area contributed by atoms with Crippen LogP contribution in [0.5, 0.6) is 0 Å². The first-order valence-corrected chi connectivity index (χ1v) is 9.83. The maximum absolute atomic E-state index is 5.73. The van der Waals surface area contributed by atoms with Crippen LogP contribution in [0.15, 0.2) is 27.8 Å². The predicted molar refractivity (Wildman–Crippen MR) is 121 cm³/mol. The third-order valence-corrected chi connectivity index (χ3v) is 5.07. The van der Waals surface area contributed by atoms with Crippen molar-refractivity contribution in [3.63, 3.8) is 0 Å². The summed E-state index contributed by atoms with van der Waals surface area (Å²) in [6, 6.07) is 4.23. The van der Waals surface area contributed by atoms with Gasteiger partial charge >= 0.3 is 0 Å². The summed E-state index contributed by atoms with van der Waals surface area (Å²) < 4.78 is 7.69. The fraction of sp³-hybridized carbons (Fsp3) is 0.632. The molecule has 28 heavy (non-hydrogen) atoms. The molecule has 3 rings (SSSR count). The van der Waals surface area contributed by atoms with Crippen molar-refractivity contribution >= 4 is 29.9 Å². The lowest BCUT2D eigenvalue weighted by molar-refractivity contribution is 0.146. The highest BCUT2D eigenvalue weighted by Gasteiger charge is 2.24. The first-order chi connectivity index (χ1) is 13.2. The Bertz CT molecular complexity index is 723. The zero-order chi connectivity index (χ0) is 19.1. The average Bonchev–Trinajstić information content (AvgIpc) is 3.32. The molecule has 1 saturated heterocycles. The molecule has 0 bridgehead atoms. The van der Waals surface area contributed by atoms with Gasteiger partial charge in [0.25, 0.3) is 0 Å². The maximum Gasteiger partial charge on any atom is 0.191 e. The smallest absolute Gasteiger partial charge is 0.191 e. The van der Waals surface area contributed by atoms with Crippen molar-refractivity contribution in [1.82, 2.24) is 30.3 Å². The van der Waals surface area contributed by atoms with Crippen molar-refractivity contribution in [1.29, 1.82) is 0 Å². The number of nitrogens with one attached hydrogen (secondary N) is 2. The third-order valence-electron chi connectivity index (χ3n) is 5.07. The number of guanidine groups is 1. The second kappa shape index (κ2) is 11.4. The second-order valence-corrected chi connectivity index (χ2v) is 6.93. The topological polar surface area (TPSA) is 83.5 Å². The van der Waals surface area contributed by atoms with E-state index in [2.05, 4.69) is 43.7 Å². The molecule has 2 N–H and O–H groups in total. The summed E-state index contributed by atoms with van der Waals surface area (Å²) in [5, 5.41) is 15.1. The molecule has 0 aliphatic carbocycles. The monoisotopic (exact) mass is 501 g/mol. The molecule has 0 spiro atoms. The van der Waals surface area contributed by atoms with Crippen LogP contribution in [-0.2, 0) is 13.6 Å². The second-order valence-electron chi connectivity index (χ2n) is 6.93. The third kappa shape index (κ3) is 5.94. The quantitative estimate of drug-likeness (QED) is 0.345. The lowest BCUT2D eigenvalue weighted by Gasteiger charge is -2.33. The van der Waals surface area contributed by atoms with Crippen molar-refractivity contribution in [2.45, 2.75) is 45.7 Å². The highest BCUT2D eigenvalue weighted by molar-refractivity contribution is 14.0. The van der Waals surface area contributed by atoms with Crippen LogP contribution < -0.4 is 10.6 Å². The molecule has 9 heteroatoms. The number of piperidine rings is 1. The number of furan rings is 1. The average molecular weight is 501 g/mol. The van der Waals surface area contributed by atoms with Crippen molar-refractivity contribution in [2.24, 2.45) is 12.0 Å². The van der Waals surface area contributed by atoms with Crippen molar-refractivity contribution in [2.75, 3.05) is 26.2 Å². The highest BCUT2D eigenvalue weighted by Crippen LogP contribution is 2.24. The number of aromatic nitrogens is 3. The van der Waals surface area contributed by atoms with Gasteiger partial charge < -0.3 is 19.6 Å². The summed E-state index contributed by atoms with van der Waals surface area (Å²) in [5.74, 6) is 3.53. The number of halogens is 1. The van der Waals surface area contributed by atoms with Gasteiger partial charge in [0, 0.05) is 20.1 Å². The molecule has 156 valence electrons. The van der Waals surface area contributed by atoms with Gasteiger partial charge in [-0.05, 0) is 51.9 Å². The van der Waals surface area contributed by atoms with Gasteiger partial charge in [-0.15, -0.1) is 34.2 Å². The van der Waals surface area contributed by atoms with E-state index in [-0.39, 0.29) is 30.0 Å². The zero-order valence-corrected chi connectivity index (χ0v) is 19.3. The van der Waals surface area contributed by atoms with Crippen molar-refractivity contribution < 1.29 is 4.42 Å². The van der Waals surface area contributed by atoms with E-state index in [0.717, 1.165) is 49.5 Å². The molecule has 0 radical (unpaired) electrons. The van der Waals surface area contributed by atoms with Gasteiger partial charge in [-0.2, -0.15) is 0 Å². The summed E-state index contributed by atoms with van der Waals surface area (Å²) >= 11 is 0. The molecule has 8 nitrogen and oxygen atoms in total. The molecule has 1 fully saturated rings. The molecular formula is C19H32IN7O. The van der Waals surface area contributed by atoms with E-state index >= 15 is 0 Å². The van der Waals surface area contributed by atoms with Crippen molar-refractivity contribution in [3.05, 3.63) is 35.8 Å². The molecule has 0 saturated carbocycles. The van der Waals surface area contributed by atoms with E-state index in [9.17, 15) is 0 Å². The van der Waals surface area contributed by atoms with E-state index < -0.39 is 0 Å². The van der Waals surface area contributed by atoms with Crippen LogP contribution in [0.1, 0.15) is 49.6 Å². The van der Waals surface area contributed by atoms with Gasteiger partial charge in [-0.3, -0.25) is 4.90 Å². The van der Waals surface area contributed by atoms with Crippen molar-refractivity contribution in [3.8, 4) is 0 Å². The Kier molecular flexibility index (Phi) is 9.23. The molecule has 2 aromatic rings. The number of likely N-dealkylation sites (tertiary alicyclic amines) is 1. The Labute approximate surface area is 184 Å². The Hall–Kier alpha value is -1.62. The maximum atomic E-state index is 5.73. The van der Waals surface area contributed by atoms with E-state index in [1.165, 1.54) is 19.3 Å². The summed E-state index contributed by atoms with van der Waals surface area (Å²) in [5.41, 5.74) is 0. The summed E-state index contributed by atoms with van der Waals surface area (Å²) in [7, 11) is 1.96. The minimum absolute atomic E-state index is 0. The summed E-state index contributed by atoms with van der Waals surface area (Å²) in [4.78, 5) is 7.18. The van der Waals surface area contributed by atoms with Crippen LogP contribution in [0.25, 0.3) is 0 Å². The van der Waals surface area contributed by atoms with Gasteiger partial charge in [0.15, 0.2) is 11.8 Å². The van der Waals surface area contributed by atoms with E-state index in [1.54, 1.807) is 6.26 Å². The SMILES string of the molecule is CCNC(=NCc1nnc(C)n1C)NCC(c1ccco1)N1CCCCC1.I. The largest absolute Gasteiger partial charge is 0.468 e. The first kappa shape index (κ1) is 22.7. The number of aliphatic imine (C=N–C) groups is 1. The minimum Gasteiger partial charge on any atom is -0.468 e. The molecule has 0 amide bonds. The molecule has 1 aliphatic heterocycles. The van der Waals surface area contributed by atoms with Crippen LogP contribution in [-0.4, -0.2) is 51.8 Å². The van der Waals surface area contributed by atoms with Gasteiger partial charge in [-0.1, -0.05) is 6.42 Å². The molecular weight excluding hydrogens is 469 g/mol. The minimum atomic E-state index is 0. The normalized spacial score (nSPS) is 16.5. The van der Waals surface area contributed by atoms with Gasteiger partial charge in [0.2, 0.25) is 0 Å². The van der Waals surface area contributed by atoms with E-state index in [4.69, 9.17) is 4.42 Å². The van der Waals surface area contributed by atoms with Crippen LogP contribution in [0.3, 0.4) is 0 Å². The Morgan fingerprint density at radius 2 is 2.04 bits per heavy atom. The zero-order valence-electron chi connectivity index (χ0n) is 17.0. The van der Waals surface area contributed by atoms with Crippen LogP contribution >= 0.6 is 24.0 Å². The van der Waals surface area contributed by atoms with Gasteiger partial charge in [0.1, 0.15) is 18.1 Å². The Morgan fingerprint density at radius 3 is 2.64 bits per heavy atom. The Morgan fingerprint density at radius 1 is 1.25 bits per heavy atom. The summed E-state index contributed by atoms with van der Waals surface area (Å²) in [6.45, 7) is 8.27. The predicted octanol–water partition coefficient (Wildman–Crippen LogP) is 2.62.